The van der Waals surface area contributed by atoms with Crippen LogP contribution in [0.3, 0.4) is 0 Å². The van der Waals surface area contributed by atoms with Crippen LogP contribution in [0.2, 0.25) is 0 Å². The van der Waals surface area contributed by atoms with Crippen molar-refractivity contribution in [2.75, 3.05) is 9.80 Å². The molecule has 1 aromatic heterocycles. The molecule has 9 aromatic rings. The Bertz CT molecular complexity index is 2610. The molecule has 0 fully saturated rings. The van der Waals surface area contributed by atoms with E-state index < -0.39 is 0 Å². The van der Waals surface area contributed by atoms with Crippen LogP contribution in [-0.4, -0.2) is 0 Å². The molecule has 0 aliphatic carbocycles. The zero-order valence-electron chi connectivity index (χ0n) is 29.3. The van der Waals surface area contributed by atoms with Gasteiger partial charge in [-0.1, -0.05) is 107 Å². The van der Waals surface area contributed by atoms with E-state index in [2.05, 4.69) is 195 Å². The third kappa shape index (κ3) is 5.51. The first kappa shape index (κ1) is 31.1. The Labute approximate surface area is 303 Å². The van der Waals surface area contributed by atoms with Gasteiger partial charge in [0.05, 0.1) is 0 Å². The van der Waals surface area contributed by atoms with Gasteiger partial charge in [-0.05, 0) is 117 Å². The first-order chi connectivity index (χ1) is 24.9. The van der Waals surface area contributed by atoms with Crippen LogP contribution in [-0.2, 0) is 0 Å². The summed E-state index contributed by atoms with van der Waals surface area (Å²) in [6.07, 6.45) is 0. The minimum Gasteiger partial charge on any atom is -0.310 e. The molecule has 3 heteroatoms. The predicted octanol–water partition coefficient (Wildman–Crippen LogP) is 14.5. The van der Waals surface area contributed by atoms with Gasteiger partial charge in [-0.25, -0.2) is 0 Å². The highest BCUT2D eigenvalue weighted by molar-refractivity contribution is 7.27. The van der Waals surface area contributed by atoms with Crippen molar-refractivity contribution in [2.45, 2.75) is 27.7 Å². The maximum atomic E-state index is 2.41. The molecule has 2 nitrogen and oxygen atoms in total. The van der Waals surface area contributed by atoms with Gasteiger partial charge in [-0.3, -0.25) is 0 Å². The van der Waals surface area contributed by atoms with Crippen LogP contribution in [0, 0.1) is 27.7 Å². The van der Waals surface area contributed by atoms with Gasteiger partial charge in [0, 0.05) is 59.7 Å². The van der Waals surface area contributed by atoms with Crippen molar-refractivity contribution < 1.29 is 0 Å². The number of thiophene rings is 1. The van der Waals surface area contributed by atoms with Crippen LogP contribution in [0.15, 0.2) is 158 Å². The summed E-state index contributed by atoms with van der Waals surface area (Å²) in [5.41, 5.74) is 11.9. The number of aryl methyl sites for hydroxylation is 4. The molecule has 0 saturated carbocycles. The van der Waals surface area contributed by atoms with Crippen LogP contribution in [0.25, 0.3) is 41.7 Å². The summed E-state index contributed by atoms with van der Waals surface area (Å²) in [4.78, 5) is 4.75. The monoisotopic (exact) mass is 674 g/mol. The molecular weight excluding hydrogens is 637 g/mol. The summed E-state index contributed by atoms with van der Waals surface area (Å²) >= 11 is 1.90. The Balaban J connectivity index is 1.28. The molecule has 0 aliphatic heterocycles. The first-order valence-electron chi connectivity index (χ1n) is 17.6. The Morgan fingerprint density at radius 3 is 1.18 bits per heavy atom. The lowest BCUT2D eigenvalue weighted by Gasteiger charge is -2.26. The molecule has 0 atom stereocenters. The van der Waals surface area contributed by atoms with Gasteiger partial charge in [-0.15, -0.1) is 11.3 Å². The largest absolute Gasteiger partial charge is 0.310 e. The molecule has 1 heterocycles. The summed E-state index contributed by atoms with van der Waals surface area (Å²) in [6.45, 7) is 8.57. The van der Waals surface area contributed by atoms with E-state index in [0.717, 1.165) is 34.1 Å². The quantitative estimate of drug-likeness (QED) is 0.162. The normalized spacial score (nSPS) is 11.5. The molecule has 0 bridgehead atoms. The molecule has 0 N–H and O–H groups in total. The van der Waals surface area contributed by atoms with E-state index >= 15 is 0 Å². The lowest BCUT2D eigenvalue weighted by atomic mass is 9.96. The lowest BCUT2D eigenvalue weighted by Crippen LogP contribution is -2.09. The Kier molecular flexibility index (Phi) is 7.60. The maximum absolute atomic E-state index is 2.41. The Hall–Kier alpha value is -5.90. The summed E-state index contributed by atoms with van der Waals surface area (Å²) in [5.74, 6) is 0. The standard InChI is InChI=1S/C48H38N2S/c1-31-9-17-35(18-10-31)49(36-19-11-32(2)12-20-36)39-25-27-42-41-7-5-6-8-43(41)47-44-28-26-40(30-46(44)51-48(47)45(42)29-39)50(37-21-13-33(3)14-22-37)38-23-15-34(4)16-24-38/h5-30H,1-4H3. The van der Waals surface area contributed by atoms with E-state index in [1.54, 1.807) is 0 Å². The minimum absolute atomic E-state index is 1.15. The van der Waals surface area contributed by atoms with Crippen LogP contribution in [0.4, 0.5) is 34.1 Å². The van der Waals surface area contributed by atoms with E-state index in [9.17, 15) is 0 Å². The minimum atomic E-state index is 1.15. The van der Waals surface area contributed by atoms with Gasteiger partial charge in [0.2, 0.25) is 0 Å². The van der Waals surface area contributed by atoms with Crippen LogP contribution in [0.1, 0.15) is 22.3 Å². The van der Waals surface area contributed by atoms with Crippen molar-refractivity contribution >= 4 is 87.2 Å². The van der Waals surface area contributed by atoms with E-state index in [-0.39, 0.29) is 0 Å². The second kappa shape index (κ2) is 12.5. The topological polar surface area (TPSA) is 6.48 Å². The Morgan fingerprint density at radius 2 is 0.706 bits per heavy atom. The molecule has 0 amide bonds. The zero-order valence-corrected chi connectivity index (χ0v) is 30.1. The van der Waals surface area contributed by atoms with Crippen LogP contribution < -0.4 is 9.80 Å². The lowest BCUT2D eigenvalue weighted by molar-refractivity contribution is 1.27. The second-order valence-corrected chi connectivity index (χ2v) is 14.8. The highest BCUT2D eigenvalue weighted by atomic mass is 32.1. The summed E-state index contributed by atoms with van der Waals surface area (Å²) in [5, 5.41) is 7.77. The van der Waals surface area contributed by atoms with Crippen molar-refractivity contribution in [3.8, 4) is 0 Å². The molecule has 0 aliphatic rings. The fourth-order valence-corrected chi connectivity index (χ4v) is 8.66. The molecule has 0 spiro atoms. The summed E-state index contributed by atoms with van der Waals surface area (Å²) < 4.78 is 2.60. The predicted molar refractivity (Wildman–Crippen MR) is 223 cm³/mol. The van der Waals surface area contributed by atoms with Crippen LogP contribution >= 0.6 is 11.3 Å². The van der Waals surface area contributed by atoms with Gasteiger partial charge >= 0.3 is 0 Å². The fourth-order valence-electron chi connectivity index (χ4n) is 7.38. The SMILES string of the molecule is Cc1ccc(N(c2ccc(C)cc2)c2ccc3c(c2)sc2c4cc(N(c5ccc(C)cc5)c5ccc(C)cc5)ccc4c4ccccc4c32)cc1. The van der Waals surface area contributed by atoms with Crippen molar-refractivity contribution in [2.24, 2.45) is 0 Å². The number of hydrogen-bond acceptors (Lipinski definition) is 3. The molecule has 51 heavy (non-hydrogen) atoms. The number of anilines is 6. The average molecular weight is 675 g/mol. The maximum Gasteiger partial charge on any atom is 0.0476 e. The van der Waals surface area contributed by atoms with Crippen molar-refractivity contribution in [3.05, 3.63) is 180 Å². The van der Waals surface area contributed by atoms with Gasteiger partial charge in [-0.2, -0.15) is 0 Å². The Morgan fingerprint density at radius 1 is 0.333 bits per heavy atom. The van der Waals surface area contributed by atoms with Gasteiger partial charge < -0.3 is 9.80 Å². The third-order valence-corrected chi connectivity index (χ3v) is 11.3. The second-order valence-electron chi connectivity index (χ2n) is 13.8. The van der Waals surface area contributed by atoms with E-state index in [0.29, 0.717) is 0 Å². The fraction of sp³-hybridized carbons (Fsp3) is 0.0833. The number of benzene rings is 8. The van der Waals surface area contributed by atoms with Gasteiger partial charge in [0.15, 0.2) is 0 Å². The number of rotatable bonds is 6. The molecule has 0 unspecified atom stereocenters. The average Bonchev–Trinajstić information content (AvgIpc) is 3.55. The zero-order chi connectivity index (χ0) is 34.6. The van der Waals surface area contributed by atoms with Gasteiger partial charge in [0.1, 0.15) is 0 Å². The van der Waals surface area contributed by atoms with E-state index in [4.69, 9.17) is 0 Å². The van der Waals surface area contributed by atoms with Crippen molar-refractivity contribution in [1.82, 2.24) is 0 Å². The third-order valence-electron chi connectivity index (χ3n) is 10.1. The van der Waals surface area contributed by atoms with E-state index in [1.165, 1.54) is 64.0 Å². The highest BCUT2D eigenvalue weighted by Gasteiger charge is 2.20. The van der Waals surface area contributed by atoms with E-state index in [1.807, 2.05) is 11.3 Å². The smallest absolute Gasteiger partial charge is 0.0476 e. The number of fused-ring (bicyclic) bond motifs is 8. The van der Waals surface area contributed by atoms with Gasteiger partial charge in [0.25, 0.3) is 0 Å². The first-order valence-corrected chi connectivity index (χ1v) is 18.4. The molecule has 8 aromatic carbocycles. The molecule has 0 saturated heterocycles. The molecule has 9 rings (SSSR count). The number of nitrogens with zero attached hydrogens (tertiary/aromatic N) is 2. The summed E-state index contributed by atoms with van der Waals surface area (Å²) in [6, 6.07) is 58.3. The molecular formula is C48H38N2S. The molecule has 246 valence electrons. The summed E-state index contributed by atoms with van der Waals surface area (Å²) in [7, 11) is 0. The molecule has 0 radical (unpaired) electrons. The van der Waals surface area contributed by atoms with Crippen LogP contribution in [0.5, 0.6) is 0 Å². The van der Waals surface area contributed by atoms with Crippen molar-refractivity contribution in [1.29, 1.82) is 0 Å². The van der Waals surface area contributed by atoms with Crippen molar-refractivity contribution in [3.63, 3.8) is 0 Å². The highest BCUT2D eigenvalue weighted by Crippen LogP contribution is 2.47. The number of hydrogen-bond donors (Lipinski definition) is 0.